The highest BCUT2D eigenvalue weighted by molar-refractivity contribution is 5.74. The fourth-order valence-corrected chi connectivity index (χ4v) is 6.27. The SMILES string of the molecule is COc1ccc2c3c1O[C@@H]1[C@H]3[C@@](O)(CCC13OCCO3)C(N(CC1CC1)C(C)=O)C2. The van der Waals surface area contributed by atoms with Gasteiger partial charge in [-0.05, 0) is 43.2 Å². The van der Waals surface area contributed by atoms with Crippen molar-refractivity contribution in [1.82, 2.24) is 4.90 Å². The molecule has 1 saturated heterocycles. The van der Waals surface area contributed by atoms with Crippen LogP contribution in [0.5, 0.6) is 11.5 Å². The number of benzene rings is 1. The van der Waals surface area contributed by atoms with Crippen LogP contribution >= 0.6 is 0 Å². The van der Waals surface area contributed by atoms with E-state index in [1.54, 1.807) is 14.0 Å². The molecular formula is C23H29NO6. The lowest BCUT2D eigenvalue weighted by Gasteiger charge is -2.55. The van der Waals surface area contributed by atoms with E-state index in [0.29, 0.717) is 49.9 Å². The molecule has 2 aliphatic heterocycles. The summed E-state index contributed by atoms with van der Waals surface area (Å²) >= 11 is 0. The molecule has 1 spiro atoms. The van der Waals surface area contributed by atoms with E-state index in [4.69, 9.17) is 18.9 Å². The molecule has 4 atom stereocenters. The number of ether oxygens (including phenoxy) is 4. The Morgan fingerprint density at radius 3 is 2.70 bits per heavy atom. The number of rotatable bonds is 4. The van der Waals surface area contributed by atoms with Crippen LogP contribution in [0.1, 0.15) is 49.7 Å². The van der Waals surface area contributed by atoms with Gasteiger partial charge in [-0.1, -0.05) is 6.07 Å². The van der Waals surface area contributed by atoms with Gasteiger partial charge in [0.25, 0.3) is 0 Å². The number of hydrogen-bond donors (Lipinski definition) is 1. The summed E-state index contributed by atoms with van der Waals surface area (Å²) in [5.41, 5.74) is 1.03. The maximum absolute atomic E-state index is 12.7. The average molecular weight is 415 g/mol. The fraction of sp³-hybridized carbons (Fsp3) is 0.696. The number of nitrogens with zero attached hydrogens (tertiary/aromatic N) is 1. The molecule has 1 unspecified atom stereocenters. The molecule has 1 amide bonds. The molecule has 30 heavy (non-hydrogen) atoms. The first-order valence-corrected chi connectivity index (χ1v) is 11.1. The van der Waals surface area contributed by atoms with E-state index >= 15 is 0 Å². The summed E-state index contributed by atoms with van der Waals surface area (Å²) in [6.45, 7) is 3.39. The minimum Gasteiger partial charge on any atom is -0.493 e. The van der Waals surface area contributed by atoms with Crippen molar-refractivity contribution >= 4 is 5.91 Å². The van der Waals surface area contributed by atoms with Crippen molar-refractivity contribution in [2.45, 2.75) is 68.5 Å². The number of hydrogen-bond acceptors (Lipinski definition) is 6. The van der Waals surface area contributed by atoms with Gasteiger partial charge in [0.2, 0.25) is 11.7 Å². The molecule has 1 aromatic carbocycles. The van der Waals surface area contributed by atoms with Gasteiger partial charge in [-0.25, -0.2) is 0 Å². The Morgan fingerprint density at radius 1 is 1.27 bits per heavy atom. The van der Waals surface area contributed by atoms with E-state index in [1.807, 2.05) is 11.0 Å². The molecule has 0 radical (unpaired) electrons. The quantitative estimate of drug-likeness (QED) is 0.811. The third kappa shape index (κ3) is 2.46. The van der Waals surface area contributed by atoms with Crippen molar-refractivity contribution < 1.29 is 28.8 Å². The Labute approximate surface area is 176 Å². The van der Waals surface area contributed by atoms with Crippen LogP contribution in [-0.4, -0.2) is 66.3 Å². The third-order valence-corrected chi connectivity index (χ3v) is 7.87. The smallest absolute Gasteiger partial charge is 0.219 e. The topological polar surface area (TPSA) is 77.5 Å². The molecule has 0 aromatic heterocycles. The first-order valence-electron chi connectivity index (χ1n) is 11.1. The maximum Gasteiger partial charge on any atom is 0.219 e. The number of methoxy groups -OCH3 is 1. The molecular weight excluding hydrogens is 386 g/mol. The monoisotopic (exact) mass is 415 g/mol. The van der Waals surface area contributed by atoms with Crippen LogP contribution in [0.25, 0.3) is 0 Å². The highest BCUT2D eigenvalue weighted by Gasteiger charge is 2.68. The summed E-state index contributed by atoms with van der Waals surface area (Å²) in [5, 5.41) is 12.2. The first-order chi connectivity index (χ1) is 14.5. The molecule has 0 bridgehead atoms. The van der Waals surface area contributed by atoms with Crippen molar-refractivity contribution in [2.24, 2.45) is 5.92 Å². The van der Waals surface area contributed by atoms with E-state index < -0.39 is 17.5 Å². The van der Waals surface area contributed by atoms with Crippen LogP contribution in [0.4, 0.5) is 0 Å². The summed E-state index contributed by atoms with van der Waals surface area (Å²) in [5.74, 6) is 0.776. The molecule has 3 fully saturated rings. The molecule has 6 rings (SSSR count). The van der Waals surface area contributed by atoms with Crippen molar-refractivity contribution in [3.63, 3.8) is 0 Å². The Bertz CT molecular complexity index is 892. The van der Waals surface area contributed by atoms with Crippen LogP contribution in [-0.2, 0) is 20.7 Å². The summed E-state index contributed by atoms with van der Waals surface area (Å²) in [6, 6.07) is 3.70. The highest BCUT2D eigenvalue weighted by atomic mass is 16.8. The van der Waals surface area contributed by atoms with Gasteiger partial charge in [0.1, 0.15) is 0 Å². The zero-order valence-corrected chi connectivity index (χ0v) is 17.6. The van der Waals surface area contributed by atoms with Crippen LogP contribution in [0.15, 0.2) is 12.1 Å². The van der Waals surface area contributed by atoms with Crippen molar-refractivity contribution in [3.8, 4) is 11.5 Å². The second kappa shape index (κ2) is 6.34. The Hall–Kier alpha value is -1.83. The third-order valence-electron chi connectivity index (χ3n) is 7.87. The van der Waals surface area contributed by atoms with Crippen LogP contribution < -0.4 is 9.47 Å². The van der Waals surface area contributed by atoms with Gasteiger partial charge in [-0.15, -0.1) is 0 Å². The number of aliphatic hydroxyl groups is 1. The highest BCUT2D eigenvalue weighted by Crippen LogP contribution is 2.62. The first kappa shape index (κ1) is 18.9. The average Bonchev–Trinajstić information content (AvgIpc) is 3.25. The molecule has 5 aliphatic rings. The van der Waals surface area contributed by atoms with Gasteiger partial charge in [0.05, 0.1) is 37.9 Å². The maximum atomic E-state index is 12.7. The molecule has 7 nitrogen and oxygen atoms in total. The van der Waals surface area contributed by atoms with Gasteiger partial charge in [0.15, 0.2) is 17.6 Å². The molecule has 3 aliphatic carbocycles. The number of carbonyl (C=O) groups excluding carboxylic acids is 1. The van der Waals surface area contributed by atoms with E-state index in [1.165, 1.54) is 0 Å². The lowest BCUT2D eigenvalue weighted by molar-refractivity contribution is -0.262. The lowest BCUT2D eigenvalue weighted by Crippen LogP contribution is -2.68. The normalized spacial score (nSPS) is 35.1. The predicted molar refractivity (Wildman–Crippen MR) is 107 cm³/mol. The van der Waals surface area contributed by atoms with E-state index in [9.17, 15) is 9.90 Å². The standard InChI is InChI=1S/C23H29NO6/c1-13(25)24(12-14-3-4-14)17-11-15-5-6-16(27-2)20-18(15)19-21(30-20)23(28-9-10-29-23)8-7-22(17,19)26/h5-6,14,17,19,21,26H,3-4,7-12H2,1-2H3/t17?,19-,21+,22+/m0/s1. The van der Waals surface area contributed by atoms with Gasteiger partial charge >= 0.3 is 0 Å². The number of amides is 1. The molecule has 2 heterocycles. The summed E-state index contributed by atoms with van der Waals surface area (Å²) in [4.78, 5) is 14.6. The second-order valence-electron chi connectivity index (χ2n) is 9.52. The Kier molecular flexibility index (Phi) is 4.00. The largest absolute Gasteiger partial charge is 0.493 e. The van der Waals surface area contributed by atoms with Crippen LogP contribution in [0.2, 0.25) is 0 Å². The van der Waals surface area contributed by atoms with Crippen LogP contribution in [0, 0.1) is 5.92 Å². The van der Waals surface area contributed by atoms with Gasteiger partial charge in [-0.2, -0.15) is 0 Å². The number of carbonyl (C=O) groups is 1. The Morgan fingerprint density at radius 2 is 2.03 bits per heavy atom. The van der Waals surface area contributed by atoms with E-state index in [-0.39, 0.29) is 17.9 Å². The summed E-state index contributed by atoms with van der Waals surface area (Å²) < 4.78 is 24.2. The Balaban J connectivity index is 1.49. The fourth-order valence-electron chi connectivity index (χ4n) is 6.27. The molecule has 1 aromatic rings. The lowest BCUT2D eigenvalue weighted by atomic mass is 9.60. The van der Waals surface area contributed by atoms with Crippen molar-refractivity contribution in [1.29, 1.82) is 0 Å². The predicted octanol–water partition coefficient (Wildman–Crippen LogP) is 1.99. The minimum atomic E-state index is -1.09. The van der Waals surface area contributed by atoms with Crippen molar-refractivity contribution in [3.05, 3.63) is 23.3 Å². The van der Waals surface area contributed by atoms with Crippen LogP contribution in [0.3, 0.4) is 0 Å². The zero-order valence-electron chi connectivity index (χ0n) is 17.6. The molecule has 2 saturated carbocycles. The van der Waals surface area contributed by atoms with E-state index in [0.717, 1.165) is 30.5 Å². The van der Waals surface area contributed by atoms with Gasteiger partial charge in [-0.3, -0.25) is 4.79 Å². The van der Waals surface area contributed by atoms with Gasteiger partial charge in [0, 0.05) is 25.5 Å². The molecule has 1 N–H and O–H groups in total. The van der Waals surface area contributed by atoms with Crippen molar-refractivity contribution in [2.75, 3.05) is 26.9 Å². The molecule has 162 valence electrons. The summed E-state index contributed by atoms with van der Waals surface area (Å²) in [6.07, 6.45) is 3.53. The van der Waals surface area contributed by atoms with E-state index in [2.05, 4.69) is 6.07 Å². The zero-order chi connectivity index (χ0) is 20.7. The van der Waals surface area contributed by atoms with Gasteiger partial charge < -0.3 is 29.0 Å². The minimum absolute atomic E-state index is 0.0293. The second-order valence-corrected chi connectivity index (χ2v) is 9.52. The number of fused-ring (bicyclic) bond motifs is 1. The summed E-state index contributed by atoms with van der Waals surface area (Å²) in [7, 11) is 1.63. The molecule has 7 heteroatoms.